The van der Waals surface area contributed by atoms with Crippen LogP contribution in [-0.4, -0.2) is 5.16 Å². The quantitative estimate of drug-likeness (QED) is 0.888. The second-order valence-electron chi connectivity index (χ2n) is 5.96. The lowest BCUT2D eigenvalue weighted by atomic mass is 9.99. The van der Waals surface area contributed by atoms with E-state index in [-0.39, 0.29) is 0 Å². The van der Waals surface area contributed by atoms with Gasteiger partial charge in [0.15, 0.2) is 5.82 Å². The molecule has 98 valence electrons. The Hall–Kier alpha value is -1.77. The van der Waals surface area contributed by atoms with E-state index in [1.54, 1.807) is 0 Å². The average Bonchev–Trinajstić information content (AvgIpc) is 2.78. The van der Waals surface area contributed by atoms with Gasteiger partial charge in [0.05, 0.1) is 5.56 Å². The first kappa shape index (κ1) is 11.1. The topological polar surface area (TPSA) is 52.0 Å². The first-order chi connectivity index (χ1) is 9.25. The second-order valence-corrected chi connectivity index (χ2v) is 5.96. The summed E-state index contributed by atoms with van der Waals surface area (Å²) in [6, 6.07) is 8.41. The molecular formula is C16H18N2O. The Balaban J connectivity index is 1.78. The number of aryl methyl sites for hydroxylation is 1. The summed E-state index contributed by atoms with van der Waals surface area (Å²) >= 11 is 0. The lowest BCUT2D eigenvalue weighted by molar-refractivity contribution is 0.376. The van der Waals surface area contributed by atoms with Gasteiger partial charge in [0.25, 0.3) is 0 Å². The minimum absolute atomic E-state index is 0.533. The normalized spacial score (nSPS) is 28.4. The van der Waals surface area contributed by atoms with Crippen molar-refractivity contribution in [2.75, 3.05) is 5.73 Å². The largest absolute Gasteiger partial charge is 0.380 e. The van der Waals surface area contributed by atoms with Crippen LogP contribution in [0.4, 0.5) is 5.82 Å². The highest BCUT2D eigenvalue weighted by molar-refractivity contribution is 5.76. The fraction of sp³-hybridized carbons (Fsp3) is 0.438. The third-order valence-electron chi connectivity index (χ3n) is 4.76. The van der Waals surface area contributed by atoms with E-state index < -0.39 is 0 Å². The smallest absolute Gasteiger partial charge is 0.175 e. The number of fused-ring (bicyclic) bond motifs is 1. The average molecular weight is 254 g/mol. The van der Waals surface area contributed by atoms with Crippen molar-refractivity contribution in [3.8, 4) is 11.1 Å². The predicted molar refractivity (Wildman–Crippen MR) is 74.7 cm³/mol. The molecule has 0 radical (unpaired) electrons. The van der Waals surface area contributed by atoms with Gasteiger partial charge in [-0.05, 0) is 37.2 Å². The lowest BCUT2D eigenvalue weighted by Gasteiger charge is -2.05. The van der Waals surface area contributed by atoms with Crippen molar-refractivity contribution < 1.29 is 4.52 Å². The van der Waals surface area contributed by atoms with E-state index in [9.17, 15) is 0 Å². The molecule has 2 aliphatic carbocycles. The summed E-state index contributed by atoms with van der Waals surface area (Å²) in [5, 5.41) is 4.01. The van der Waals surface area contributed by atoms with Gasteiger partial charge in [-0.3, -0.25) is 0 Å². The van der Waals surface area contributed by atoms with Gasteiger partial charge in [-0.25, -0.2) is 0 Å². The molecular weight excluding hydrogens is 236 g/mol. The van der Waals surface area contributed by atoms with Crippen molar-refractivity contribution in [3.05, 3.63) is 35.6 Å². The number of nitrogen functional groups attached to an aromatic ring is 1. The van der Waals surface area contributed by atoms with Crippen LogP contribution in [0.15, 0.2) is 28.8 Å². The Morgan fingerprint density at radius 2 is 2.05 bits per heavy atom. The Kier molecular flexibility index (Phi) is 2.25. The molecule has 2 saturated carbocycles. The Morgan fingerprint density at radius 1 is 1.26 bits per heavy atom. The molecule has 4 rings (SSSR count). The third-order valence-corrected chi connectivity index (χ3v) is 4.76. The Labute approximate surface area is 112 Å². The molecule has 2 fully saturated rings. The highest BCUT2D eigenvalue weighted by Gasteiger charge is 2.56. The van der Waals surface area contributed by atoms with Gasteiger partial charge in [0.1, 0.15) is 5.76 Å². The van der Waals surface area contributed by atoms with Crippen LogP contribution >= 0.6 is 0 Å². The van der Waals surface area contributed by atoms with E-state index in [0.717, 1.165) is 28.7 Å². The van der Waals surface area contributed by atoms with Crippen LogP contribution < -0.4 is 5.73 Å². The summed E-state index contributed by atoms with van der Waals surface area (Å²) in [5.74, 6) is 3.75. The van der Waals surface area contributed by atoms with Gasteiger partial charge in [-0.15, -0.1) is 0 Å². The van der Waals surface area contributed by atoms with Gasteiger partial charge < -0.3 is 10.3 Å². The van der Waals surface area contributed by atoms with E-state index in [4.69, 9.17) is 10.3 Å². The highest BCUT2D eigenvalue weighted by Crippen LogP contribution is 2.64. The SMILES string of the molecule is Cc1cccc(-c2c(N)noc2C2C3CCCC32)c1. The monoisotopic (exact) mass is 254 g/mol. The number of nitrogens with zero attached hydrogens (tertiary/aromatic N) is 1. The first-order valence-electron chi connectivity index (χ1n) is 7.08. The van der Waals surface area contributed by atoms with Gasteiger partial charge in [-0.1, -0.05) is 41.4 Å². The molecule has 2 aliphatic rings. The van der Waals surface area contributed by atoms with E-state index in [2.05, 4.69) is 36.3 Å². The van der Waals surface area contributed by atoms with Crippen LogP contribution in [0.5, 0.6) is 0 Å². The zero-order valence-electron chi connectivity index (χ0n) is 11.1. The van der Waals surface area contributed by atoms with Crippen molar-refractivity contribution in [2.24, 2.45) is 11.8 Å². The number of rotatable bonds is 2. The molecule has 2 unspecified atom stereocenters. The zero-order valence-corrected chi connectivity index (χ0v) is 11.1. The summed E-state index contributed by atoms with van der Waals surface area (Å²) in [7, 11) is 0. The van der Waals surface area contributed by atoms with Crippen LogP contribution in [0, 0.1) is 18.8 Å². The molecule has 3 nitrogen and oxygen atoms in total. The van der Waals surface area contributed by atoms with Gasteiger partial charge in [0, 0.05) is 5.92 Å². The minimum Gasteiger partial charge on any atom is -0.380 e. The van der Waals surface area contributed by atoms with Crippen molar-refractivity contribution in [1.82, 2.24) is 5.16 Å². The minimum atomic E-state index is 0.533. The van der Waals surface area contributed by atoms with Crippen LogP contribution in [0.1, 0.15) is 36.5 Å². The fourth-order valence-electron chi connectivity index (χ4n) is 3.84. The molecule has 0 saturated heterocycles. The van der Waals surface area contributed by atoms with E-state index in [1.165, 1.54) is 24.8 Å². The summed E-state index contributed by atoms with van der Waals surface area (Å²) in [4.78, 5) is 0. The maximum Gasteiger partial charge on any atom is 0.175 e. The van der Waals surface area contributed by atoms with E-state index >= 15 is 0 Å². The molecule has 1 heterocycles. The molecule has 2 atom stereocenters. The molecule has 3 heteroatoms. The van der Waals surface area contributed by atoms with Crippen LogP contribution in [0.25, 0.3) is 11.1 Å². The highest BCUT2D eigenvalue weighted by atomic mass is 16.5. The van der Waals surface area contributed by atoms with Gasteiger partial charge in [-0.2, -0.15) is 0 Å². The maximum atomic E-state index is 6.03. The number of anilines is 1. The van der Waals surface area contributed by atoms with E-state index in [0.29, 0.717) is 11.7 Å². The molecule has 2 aromatic rings. The molecule has 0 amide bonds. The predicted octanol–water partition coefficient (Wildman–Crippen LogP) is 3.75. The lowest BCUT2D eigenvalue weighted by Crippen LogP contribution is -1.92. The second kappa shape index (κ2) is 3.86. The maximum absolute atomic E-state index is 6.03. The molecule has 1 aromatic carbocycles. The fourth-order valence-corrected chi connectivity index (χ4v) is 3.84. The van der Waals surface area contributed by atoms with Crippen LogP contribution in [0.2, 0.25) is 0 Å². The number of nitrogens with two attached hydrogens (primary N) is 1. The zero-order chi connectivity index (χ0) is 13.0. The Bertz CT molecular complexity index is 621. The summed E-state index contributed by atoms with van der Waals surface area (Å²) in [5.41, 5.74) is 9.44. The van der Waals surface area contributed by atoms with Crippen molar-refractivity contribution in [3.63, 3.8) is 0 Å². The number of hydrogen-bond acceptors (Lipinski definition) is 3. The molecule has 1 aromatic heterocycles. The number of aromatic nitrogens is 1. The molecule has 0 aliphatic heterocycles. The van der Waals surface area contributed by atoms with Crippen LogP contribution in [-0.2, 0) is 0 Å². The number of benzene rings is 1. The summed E-state index contributed by atoms with van der Waals surface area (Å²) in [6.07, 6.45) is 4.04. The number of hydrogen-bond donors (Lipinski definition) is 1. The molecule has 0 bridgehead atoms. The van der Waals surface area contributed by atoms with Gasteiger partial charge in [0.2, 0.25) is 0 Å². The molecule has 0 spiro atoms. The molecule has 19 heavy (non-hydrogen) atoms. The summed E-state index contributed by atoms with van der Waals surface area (Å²) in [6.45, 7) is 2.10. The first-order valence-corrected chi connectivity index (χ1v) is 7.08. The summed E-state index contributed by atoms with van der Waals surface area (Å²) < 4.78 is 5.58. The van der Waals surface area contributed by atoms with Crippen molar-refractivity contribution >= 4 is 5.82 Å². The van der Waals surface area contributed by atoms with E-state index in [1.807, 2.05) is 0 Å². The third kappa shape index (κ3) is 1.61. The van der Waals surface area contributed by atoms with Crippen molar-refractivity contribution in [2.45, 2.75) is 32.1 Å². The molecule has 2 N–H and O–H groups in total. The van der Waals surface area contributed by atoms with Gasteiger partial charge >= 0.3 is 0 Å². The van der Waals surface area contributed by atoms with Crippen molar-refractivity contribution in [1.29, 1.82) is 0 Å². The standard InChI is InChI=1S/C16H18N2O/c1-9-4-2-5-10(8-9)13-15(19-18-16(13)17)14-11-6-3-7-12(11)14/h2,4-5,8,11-12,14H,3,6-7H2,1H3,(H2,17,18). The van der Waals surface area contributed by atoms with Crippen LogP contribution in [0.3, 0.4) is 0 Å². The Morgan fingerprint density at radius 3 is 2.79 bits per heavy atom.